The Balaban J connectivity index is 0.000000316. The van der Waals surface area contributed by atoms with Crippen LogP contribution in [0.3, 0.4) is 0 Å². The van der Waals surface area contributed by atoms with E-state index in [9.17, 15) is 4.79 Å². The number of carbonyl (C=O) groups is 1. The molecular weight excluding hydrogens is 532 g/mol. The van der Waals surface area contributed by atoms with Crippen molar-refractivity contribution in [2.24, 2.45) is 21.7 Å². The van der Waals surface area contributed by atoms with Crippen LogP contribution < -0.4 is 5.32 Å². The van der Waals surface area contributed by atoms with Crippen molar-refractivity contribution in [1.29, 1.82) is 0 Å². The molecule has 0 radical (unpaired) electrons. The number of thiazole rings is 1. The van der Waals surface area contributed by atoms with E-state index < -0.39 is 0 Å². The maximum atomic E-state index is 11.4. The van der Waals surface area contributed by atoms with Gasteiger partial charge in [0.15, 0.2) is 0 Å². The molecule has 1 N–H and O–H groups in total. The van der Waals surface area contributed by atoms with Crippen molar-refractivity contribution in [3.8, 4) is 0 Å². The third kappa shape index (κ3) is 11.6. The highest BCUT2D eigenvalue weighted by Crippen LogP contribution is 2.44. The molecule has 2 heterocycles. The molecule has 0 saturated heterocycles. The molecule has 1 amide bonds. The van der Waals surface area contributed by atoms with Gasteiger partial charge in [-0.2, -0.15) is 0 Å². The Hall–Kier alpha value is -1.42. The number of hydrogen-bond donors (Lipinski definition) is 1. The number of nitrogens with zero attached hydrogens (tertiary/aromatic N) is 1. The summed E-state index contributed by atoms with van der Waals surface area (Å²) in [5.41, 5.74) is 10.5. The number of nitrogens with one attached hydrogen (secondary N) is 1. The van der Waals surface area contributed by atoms with E-state index in [-0.39, 0.29) is 27.6 Å². The van der Waals surface area contributed by atoms with Crippen molar-refractivity contribution < 1.29 is 4.79 Å². The summed E-state index contributed by atoms with van der Waals surface area (Å²) in [5, 5.41) is 3.05. The lowest BCUT2D eigenvalue weighted by atomic mass is 9.69. The second-order valence-corrected chi connectivity index (χ2v) is 19.5. The van der Waals surface area contributed by atoms with Crippen LogP contribution in [0.1, 0.15) is 174 Å². The van der Waals surface area contributed by atoms with Gasteiger partial charge in [0.2, 0.25) is 5.91 Å². The number of carbonyl (C=O) groups excluding carboxylic acids is 1. The lowest BCUT2D eigenvalue weighted by Gasteiger charge is -2.36. The zero-order valence-corrected chi connectivity index (χ0v) is 31.9. The standard InChI is InChI=1S/C14H26.C13H23NO.C11H19NS/c1-13(2,3)11-9-7-8-10-12(11)14(4,5)6;1-12(2,3)9-7-8-10(15)14-11(9)13(4,5)6;1-10(2,3)8-9(11(4,5)6)13-7-12-8/h7-10H2,1-6H3;7-8H2,1-6H3,(H,14,15);7H,1-6H3. The van der Waals surface area contributed by atoms with Crippen molar-refractivity contribution in [2.75, 3.05) is 0 Å². The smallest absolute Gasteiger partial charge is 0.224 e. The Bertz CT molecular complexity index is 1050. The predicted molar refractivity (Wildman–Crippen MR) is 187 cm³/mol. The van der Waals surface area contributed by atoms with Gasteiger partial charge in [-0.1, -0.05) is 136 Å². The highest BCUT2D eigenvalue weighted by atomic mass is 32.1. The monoisotopic (exact) mass is 601 g/mol. The third-order valence-electron chi connectivity index (χ3n) is 8.06. The first-order valence-electron chi connectivity index (χ1n) is 16.3. The van der Waals surface area contributed by atoms with Gasteiger partial charge >= 0.3 is 0 Å². The molecule has 0 aromatic carbocycles. The SMILES string of the molecule is CC(C)(C)C1=C(C(C)(C)C)CCCC1.CC(C)(C)C1=C(C(C)(C)C)NC(=O)CC1.CC(C)(C)c1ncsc1C(C)(C)C. The minimum atomic E-state index is 0.0265. The first-order valence-corrected chi connectivity index (χ1v) is 17.2. The topological polar surface area (TPSA) is 42.0 Å². The Morgan fingerprint density at radius 3 is 1.29 bits per heavy atom. The average molecular weight is 601 g/mol. The molecule has 42 heavy (non-hydrogen) atoms. The number of hydrogen-bond acceptors (Lipinski definition) is 3. The summed E-state index contributed by atoms with van der Waals surface area (Å²) in [4.78, 5) is 17.3. The Morgan fingerprint density at radius 1 is 0.548 bits per heavy atom. The summed E-state index contributed by atoms with van der Waals surface area (Å²) >= 11 is 1.77. The van der Waals surface area contributed by atoms with E-state index in [2.05, 4.69) is 135 Å². The van der Waals surface area contributed by atoms with Crippen molar-refractivity contribution in [1.82, 2.24) is 10.3 Å². The van der Waals surface area contributed by atoms with E-state index in [1.165, 1.54) is 41.8 Å². The fourth-order valence-electron chi connectivity index (χ4n) is 5.90. The largest absolute Gasteiger partial charge is 0.329 e. The highest BCUT2D eigenvalue weighted by Gasteiger charge is 2.32. The fourth-order valence-corrected chi connectivity index (χ4v) is 6.99. The van der Waals surface area contributed by atoms with Gasteiger partial charge < -0.3 is 5.32 Å². The number of rotatable bonds is 0. The summed E-state index contributed by atoms with van der Waals surface area (Å²) < 4.78 is 0. The molecule has 0 bridgehead atoms. The van der Waals surface area contributed by atoms with Crippen LogP contribution in [0.2, 0.25) is 0 Å². The number of allylic oxidation sites excluding steroid dienone is 4. The summed E-state index contributed by atoms with van der Waals surface area (Å²) in [5.74, 6) is 0.160. The molecule has 2 aliphatic rings. The van der Waals surface area contributed by atoms with Gasteiger partial charge in [0.1, 0.15) is 0 Å². The van der Waals surface area contributed by atoms with E-state index in [1.54, 1.807) is 22.5 Å². The van der Waals surface area contributed by atoms with E-state index in [4.69, 9.17) is 0 Å². The van der Waals surface area contributed by atoms with Crippen LogP contribution in [0.4, 0.5) is 0 Å². The predicted octanol–water partition coefficient (Wildman–Crippen LogP) is 11.9. The van der Waals surface area contributed by atoms with Gasteiger partial charge in [-0.25, -0.2) is 4.98 Å². The van der Waals surface area contributed by atoms with Crippen LogP contribution in [-0.4, -0.2) is 10.9 Å². The van der Waals surface area contributed by atoms with Crippen molar-refractivity contribution in [2.45, 2.75) is 174 Å². The molecule has 0 saturated carbocycles. The minimum absolute atomic E-state index is 0.0265. The lowest BCUT2D eigenvalue weighted by molar-refractivity contribution is -0.121. The molecule has 1 aliphatic heterocycles. The summed E-state index contributed by atoms with van der Waals surface area (Å²) in [6.45, 7) is 40.7. The van der Waals surface area contributed by atoms with Crippen LogP contribution >= 0.6 is 11.3 Å². The zero-order valence-electron chi connectivity index (χ0n) is 31.1. The van der Waals surface area contributed by atoms with E-state index in [0.717, 1.165) is 12.1 Å². The molecule has 4 heteroatoms. The maximum absolute atomic E-state index is 11.4. The molecule has 242 valence electrons. The van der Waals surface area contributed by atoms with Crippen LogP contribution in [0, 0.1) is 21.7 Å². The van der Waals surface area contributed by atoms with Crippen molar-refractivity contribution in [3.05, 3.63) is 38.5 Å². The molecule has 0 spiro atoms. The molecule has 1 aromatic heterocycles. The van der Waals surface area contributed by atoms with Crippen molar-refractivity contribution >= 4 is 17.2 Å². The molecule has 0 atom stereocenters. The Morgan fingerprint density at radius 2 is 0.976 bits per heavy atom. The van der Waals surface area contributed by atoms with E-state index in [1.807, 2.05) is 5.51 Å². The number of aromatic nitrogens is 1. The third-order valence-corrected chi connectivity index (χ3v) is 9.31. The first-order chi connectivity index (χ1) is 18.6. The summed E-state index contributed by atoms with van der Waals surface area (Å²) in [6.07, 6.45) is 6.98. The minimum Gasteiger partial charge on any atom is -0.329 e. The average Bonchev–Trinajstić information content (AvgIpc) is 3.29. The van der Waals surface area contributed by atoms with Crippen LogP contribution in [0.25, 0.3) is 0 Å². The quantitative estimate of drug-likeness (QED) is 0.301. The van der Waals surface area contributed by atoms with Gasteiger partial charge in [-0.15, -0.1) is 11.3 Å². The summed E-state index contributed by atoms with van der Waals surface area (Å²) in [7, 11) is 0. The summed E-state index contributed by atoms with van der Waals surface area (Å²) in [6, 6.07) is 0. The lowest BCUT2D eigenvalue weighted by Crippen LogP contribution is -2.37. The zero-order chi connectivity index (χ0) is 33.1. The fraction of sp³-hybridized carbons (Fsp3) is 0.789. The van der Waals surface area contributed by atoms with Crippen LogP contribution in [0.5, 0.6) is 0 Å². The second-order valence-electron chi connectivity index (χ2n) is 18.6. The van der Waals surface area contributed by atoms with Crippen LogP contribution in [0.15, 0.2) is 27.9 Å². The molecule has 1 aliphatic carbocycles. The Kier molecular flexibility index (Phi) is 12.6. The van der Waals surface area contributed by atoms with Gasteiger partial charge in [0.25, 0.3) is 0 Å². The highest BCUT2D eigenvalue weighted by molar-refractivity contribution is 7.09. The van der Waals surface area contributed by atoms with E-state index >= 15 is 0 Å². The van der Waals surface area contributed by atoms with Crippen molar-refractivity contribution in [3.63, 3.8) is 0 Å². The van der Waals surface area contributed by atoms with Gasteiger partial charge in [-0.05, 0) is 59.3 Å². The molecule has 3 rings (SSSR count). The first kappa shape index (κ1) is 38.6. The van der Waals surface area contributed by atoms with Gasteiger partial charge in [0, 0.05) is 27.8 Å². The molecule has 0 fully saturated rings. The maximum Gasteiger partial charge on any atom is 0.224 e. The second kappa shape index (κ2) is 13.7. The molecule has 1 aromatic rings. The Labute approximate surface area is 265 Å². The molecular formula is C38H68N2OS. The van der Waals surface area contributed by atoms with Crippen LogP contribution in [-0.2, 0) is 15.6 Å². The normalized spacial score (nSPS) is 17.7. The molecule has 0 unspecified atom stereocenters. The van der Waals surface area contributed by atoms with Gasteiger partial charge in [0.05, 0.1) is 11.2 Å². The molecule has 3 nitrogen and oxygen atoms in total. The van der Waals surface area contributed by atoms with Gasteiger partial charge in [-0.3, -0.25) is 4.79 Å². The van der Waals surface area contributed by atoms with E-state index in [0.29, 0.717) is 17.3 Å². The number of amides is 1.